The number of hydrogen-bond donors (Lipinski definition) is 1. The SMILES string of the molecule is CN1CCCC1CCOc1ccc(S(C)(=O)=O)cc1-n1ccc2cc[nH]c(=O)c21. The maximum absolute atomic E-state index is 12.4. The van der Waals surface area contributed by atoms with Crippen LogP contribution in [0.15, 0.2) is 52.4 Å². The number of aromatic amines is 1. The Labute approximate surface area is 169 Å². The van der Waals surface area contributed by atoms with E-state index in [-0.39, 0.29) is 10.5 Å². The maximum Gasteiger partial charge on any atom is 0.272 e. The number of benzene rings is 1. The minimum atomic E-state index is -3.40. The molecule has 2 aromatic heterocycles. The van der Waals surface area contributed by atoms with Gasteiger partial charge >= 0.3 is 0 Å². The Morgan fingerprint density at radius 3 is 2.79 bits per heavy atom. The van der Waals surface area contributed by atoms with Crippen molar-refractivity contribution in [1.29, 1.82) is 0 Å². The van der Waals surface area contributed by atoms with Crippen LogP contribution in [0.25, 0.3) is 16.6 Å². The van der Waals surface area contributed by atoms with Gasteiger partial charge in [0, 0.05) is 30.1 Å². The topological polar surface area (TPSA) is 84.4 Å². The van der Waals surface area contributed by atoms with Crippen LogP contribution in [0.4, 0.5) is 0 Å². The number of rotatable bonds is 6. The fourth-order valence-electron chi connectivity index (χ4n) is 3.99. The summed E-state index contributed by atoms with van der Waals surface area (Å²) in [5.74, 6) is 0.554. The van der Waals surface area contributed by atoms with Crippen molar-refractivity contribution in [3.05, 3.63) is 53.1 Å². The van der Waals surface area contributed by atoms with Crippen LogP contribution in [0.2, 0.25) is 0 Å². The van der Waals surface area contributed by atoms with Gasteiger partial charge in [0.15, 0.2) is 9.84 Å². The zero-order valence-corrected chi connectivity index (χ0v) is 17.4. The van der Waals surface area contributed by atoms with Gasteiger partial charge in [0.2, 0.25) is 0 Å². The van der Waals surface area contributed by atoms with Crippen molar-refractivity contribution in [2.45, 2.75) is 30.2 Å². The Bertz CT molecular complexity index is 1200. The van der Waals surface area contributed by atoms with E-state index in [4.69, 9.17) is 4.74 Å². The molecule has 1 atom stereocenters. The van der Waals surface area contributed by atoms with Crippen LogP contribution < -0.4 is 10.3 Å². The van der Waals surface area contributed by atoms with Crippen molar-refractivity contribution >= 4 is 20.7 Å². The summed E-state index contributed by atoms with van der Waals surface area (Å²) in [5, 5.41) is 0.775. The first-order valence-electron chi connectivity index (χ1n) is 9.71. The minimum Gasteiger partial charge on any atom is -0.491 e. The van der Waals surface area contributed by atoms with E-state index in [0.29, 0.717) is 29.6 Å². The quantitative estimate of drug-likeness (QED) is 0.669. The summed E-state index contributed by atoms with van der Waals surface area (Å²) in [4.78, 5) is 17.6. The number of nitrogens with one attached hydrogen (secondary N) is 1. The van der Waals surface area contributed by atoms with Gasteiger partial charge in [-0.05, 0) is 63.2 Å². The molecule has 3 aromatic rings. The van der Waals surface area contributed by atoms with E-state index >= 15 is 0 Å². The third-order valence-corrected chi connectivity index (χ3v) is 6.72. The lowest BCUT2D eigenvalue weighted by Gasteiger charge is -2.20. The normalized spacial score (nSPS) is 17.8. The fourth-order valence-corrected chi connectivity index (χ4v) is 4.63. The van der Waals surface area contributed by atoms with Gasteiger partial charge in [0.05, 0.1) is 17.2 Å². The van der Waals surface area contributed by atoms with Crippen molar-refractivity contribution < 1.29 is 13.2 Å². The minimum absolute atomic E-state index is 0.185. The molecule has 7 nitrogen and oxygen atoms in total. The third kappa shape index (κ3) is 3.95. The second-order valence-electron chi connectivity index (χ2n) is 7.61. The van der Waals surface area contributed by atoms with E-state index in [1.807, 2.05) is 12.1 Å². The predicted molar refractivity (Wildman–Crippen MR) is 113 cm³/mol. The van der Waals surface area contributed by atoms with Crippen LogP contribution in [0, 0.1) is 0 Å². The van der Waals surface area contributed by atoms with Gasteiger partial charge in [0.1, 0.15) is 11.3 Å². The lowest BCUT2D eigenvalue weighted by molar-refractivity contribution is 0.233. The van der Waals surface area contributed by atoms with Crippen molar-refractivity contribution in [3.63, 3.8) is 0 Å². The number of hydrogen-bond acceptors (Lipinski definition) is 5. The first-order valence-corrected chi connectivity index (χ1v) is 11.6. The number of likely N-dealkylation sites (tertiary alicyclic amines) is 1. The van der Waals surface area contributed by atoms with Gasteiger partial charge in [-0.1, -0.05) is 0 Å². The van der Waals surface area contributed by atoms with E-state index < -0.39 is 9.84 Å². The summed E-state index contributed by atoms with van der Waals surface area (Å²) >= 11 is 0. The monoisotopic (exact) mass is 415 g/mol. The first-order chi connectivity index (χ1) is 13.8. The van der Waals surface area contributed by atoms with Gasteiger partial charge in [-0.3, -0.25) is 4.79 Å². The molecule has 154 valence electrons. The lowest BCUT2D eigenvalue weighted by Crippen LogP contribution is -2.26. The molecule has 0 bridgehead atoms. The van der Waals surface area contributed by atoms with E-state index in [9.17, 15) is 13.2 Å². The number of aromatic nitrogens is 2. The smallest absolute Gasteiger partial charge is 0.272 e. The van der Waals surface area contributed by atoms with Gasteiger partial charge in [0.25, 0.3) is 5.56 Å². The molecule has 1 unspecified atom stereocenters. The third-order valence-electron chi connectivity index (χ3n) is 5.61. The summed E-state index contributed by atoms with van der Waals surface area (Å²) in [5.41, 5.74) is 0.758. The van der Waals surface area contributed by atoms with Crippen LogP contribution in [-0.2, 0) is 9.84 Å². The van der Waals surface area contributed by atoms with Crippen LogP contribution in [0.3, 0.4) is 0 Å². The molecular weight excluding hydrogens is 390 g/mol. The zero-order valence-electron chi connectivity index (χ0n) is 16.6. The molecule has 1 aromatic carbocycles. The van der Waals surface area contributed by atoms with Crippen molar-refractivity contribution in [2.24, 2.45) is 0 Å². The molecule has 4 rings (SSSR count). The van der Waals surface area contributed by atoms with Gasteiger partial charge in [-0.2, -0.15) is 0 Å². The van der Waals surface area contributed by atoms with E-state index in [1.54, 1.807) is 35.2 Å². The number of pyridine rings is 1. The second-order valence-corrected chi connectivity index (χ2v) is 9.63. The largest absolute Gasteiger partial charge is 0.491 e. The molecule has 1 aliphatic rings. The van der Waals surface area contributed by atoms with Crippen LogP contribution in [-0.4, -0.2) is 55.4 Å². The number of ether oxygens (including phenoxy) is 1. The highest BCUT2D eigenvalue weighted by atomic mass is 32.2. The zero-order chi connectivity index (χ0) is 20.6. The number of sulfone groups is 1. The van der Waals surface area contributed by atoms with Crippen molar-refractivity contribution in [1.82, 2.24) is 14.5 Å². The standard InChI is InChI=1S/C21H25N3O4S/c1-23-11-3-4-16(23)9-13-28-19-6-5-17(29(2,26)27)14-18(19)24-12-8-15-7-10-22-21(25)20(15)24/h5-8,10,12,14,16H,3-4,9,11,13H2,1-2H3,(H,22,25). The Kier molecular flexibility index (Phi) is 5.23. The molecule has 29 heavy (non-hydrogen) atoms. The summed E-state index contributed by atoms with van der Waals surface area (Å²) < 4.78 is 32.0. The van der Waals surface area contributed by atoms with Gasteiger partial charge in [-0.25, -0.2) is 8.42 Å². The Morgan fingerprint density at radius 2 is 2.07 bits per heavy atom. The fraction of sp³-hybridized carbons (Fsp3) is 0.381. The van der Waals surface area contributed by atoms with Crippen LogP contribution >= 0.6 is 0 Å². The molecule has 0 aliphatic carbocycles. The highest BCUT2D eigenvalue weighted by Crippen LogP contribution is 2.30. The molecule has 1 fully saturated rings. The molecule has 1 saturated heterocycles. The highest BCUT2D eigenvalue weighted by Gasteiger charge is 2.21. The molecule has 1 N–H and O–H groups in total. The van der Waals surface area contributed by atoms with Crippen LogP contribution in [0.1, 0.15) is 19.3 Å². The summed E-state index contributed by atoms with van der Waals surface area (Å²) in [6, 6.07) is 8.93. The summed E-state index contributed by atoms with van der Waals surface area (Å²) in [6.45, 7) is 1.63. The molecular formula is C21H25N3O4S. The lowest BCUT2D eigenvalue weighted by atomic mass is 10.1. The van der Waals surface area contributed by atoms with Crippen LogP contribution in [0.5, 0.6) is 5.75 Å². The number of nitrogens with zero attached hydrogens (tertiary/aromatic N) is 2. The highest BCUT2D eigenvalue weighted by molar-refractivity contribution is 7.90. The molecule has 3 heterocycles. The Morgan fingerprint density at radius 1 is 1.24 bits per heavy atom. The van der Waals surface area contributed by atoms with Gasteiger partial charge < -0.3 is 19.2 Å². The van der Waals surface area contributed by atoms with E-state index in [0.717, 1.165) is 24.8 Å². The van der Waals surface area contributed by atoms with Crippen molar-refractivity contribution in [3.8, 4) is 11.4 Å². The molecule has 8 heteroatoms. The second kappa shape index (κ2) is 7.68. The van der Waals surface area contributed by atoms with Crippen molar-refractivity contribution in [2.75, 3.05) is 26.5 Å². The van der Waals surface area contributed by atoms with E-state index in [2.05, 4.69) is 16.9 Å². The number of H-pyrrole nitrogens is 1. The predicted octanol–water partition coefficient (Wildman–Crippen LogP) is 2.59. The summed E-state index contributed by atoms with van der Waals surface area (Å²) in [6.07, 6.45) is 7.79. The first kappa shape index (κ1) is 19.7. The van der Waals surface area contributed by atoms with Gasteiger partial charge in [-0.15, -0.1) is 0 Å². The Balaban J connectivity index is 1.72. The molecule has 0 radical (unpaired) electrons. The summed E-state index contributed by atoms with van der Waals surface area (Å²) in [7, 11) is -1.27. The number of fused-ring (bicyclic) bond motifs is 1. The molecule has 1 aliphatic heterocycles. The average molecular weight is 416 g/mol. The van der Waals surface area contributed by atoms with E-state index in [1.165, 1.54) is 12.7 Å². The molecule has 0 saturated carbocycles. The maximum atomic E-state index is 12.4. The average Bonchev–Trinajstić information content (AvgIpc) is 3.28. The molecule has 0 amide bonds. The molecule has 0 spiro atoms. The Hall–Kier alpha value is -2.58.